The molecular weight excluding hydrogens is 311 g/mol. The fourth-order valence-electron chi connectivity index (χ4n) is 1.93. The lowest BCUT2D eigenvalue weighted by atomic mass is 10.1. The molecule has 1 N–H and O–H groups in total. The summed E-state index contributed by atoms with van der Waals surface area (Å²) in [6.45, 7) is 3.32. The number of methoxy groups -OCH3 is 2. The summed E-state index contributed by atoms with van der Waals surface area (Å²) in [5.41, 5.74) is -0.210. The van der Waals surface area contributed by atoms with Gasteiger partial charge in [0.2, 0.25) is 0 Å². The number of fused-ring (bicyclic) bond motifs is 1. The van der Waals surface area contributed by atoms with Gasteiger partial charge in [-0.2, -0.15) is 0 Å². The quantitative estimate of drug-likeness (QED) is 0.652. The Hall–Kier alpha value is -2.41. The Bertz CT molecular complexity index is 778. The van der Waals surface area contributed by atoms with Crippen LogP contribution < -0.4 is 9.47 Å². The van der Waals surface area contributed by atoms with E-state index in [1.54, 1.807) is 6.07 Å². The summed E-state index contributed by atoms with van der Waals surface area (Å²) in [6, 6.07) is 2.96. The number of carboxylic acids is 1. The summed E-state index contributed by atoms with van der Waals surface area (Å²) >= 11 is 1.06. The Kier molecular flexibility index (Phi) is 4.46. The largest absolute Gasteiger partial charge is 0.493 e. The van der Waals surface area contributed by atoms with Gasteiger partial charge in [0.15, 0.2) is 23.1 Å². The van der Waals surface area contributed by atoms with Gasteiger partial charge >= 0.3 is 5.97 Å². The zero-order valence-corrected chi connectivity index (χ0v) is 12.8. The molecule has 0 saturated heterocycles. The van der Waals surface area contributed by atoms with Crippen LogP contribution in [-0.2, 0) is 4.79 Å². The van der Waals surface area contributed by atoms with E-state index in [9.17, 15) is 14.0 Å². The summed E-state index contributed by atoms with van der Waals surface area (Å²) in [4.78, 5) is 23.0. The molecule has 116 valence electrons. The van der Waals surface area contributed by atoms with Crippen LogP contribution in [0.25, 0.3) is 10.1 Å². The summed E-state index contributed by atoms with van der Waals surface area (Å²) in [5, 5.41) is 8.99. The minimum Gasteiger partial charge on any atom is -0.493 e. The molecular formula is C15H13FO5S. The molecule has 5 nitrogen and oxygen atoms in total. The lowest BCUT2D eigenvalue weighted by Crippen LogP contribution is -2.05. The zero-order chi connectivity index (χ0) is 16.4. The molecule has 0 fully saturated rings. The van der Waals surface area contributed by atoms with E-state index in [-0.39, 0.29) is 33.8 Å². The van der Waals surface area contributed by atoms with Crippen LogP contribution in [0.15, 0.2) is 24.3 Å². The predicted octanol–water partition coefficient (Wildman–Crippen LogP) is 3.27. The molecule has 2 rings (SSSR count). The third-order valence-corrected chi connectivity index (χ3v) is 4.18. The summed E-state index contributed by atoms with van der Waals surface area (Å²) < 4.78 is 24.9. The second-order valence-corrected chi connectivity index (χ2v) is 5.54. The molecule has 0 aliphatic rings. The number of halogens is 1. The van der Waals surface area contributed by atoms with Crippen molar-refractivity contribution in [3.8, 4) is 11.5 Å². The minimum atomic E-state index is -1.23. The van der Waals surface area contributed by atoms with Crippen molar-refractivity contribution in [3.05, 3.63) is 35.0 Å². The highest BCUT2D eigenvalue weighted by Gasteiger charge is 2.20. The van der Waals surface area contributed by atoms with Gasteiger partial charge in [-0.15, -0.1) is 11.3 Å². The summed E-state index contributed by atoms with van der Waals surface area (Å²) in [5.74, 6) is -2.09. The van der Waals surface area contributed by atoms with Crippen LogP contribution in [0.2, 0.25) is 0 Å². The average molecular weight is 324 g/mol. The van der Waals surface area contributed by atoms with Gasteiger partial charge in [-0.05, 0) is 6.07 Å². The Balaban J connectivity index is 2.46. The standard InChI is InChI=1S/C15H13FO5S/c1-7(15(18)19)4-9(17)12-5-8-11(22-12)6-10(20-2)14(21-3)13(8)16/h5-6H,1,4H2,2-3H3,(H,18,19). The first-order valence-corrected chi connectivity index (χ1v) is 6.99. The van der Waals surface area contributed by atoms with Crippen LogP contribution in [-0.4, -0.2) is 31.1 Å². The molecule has 7 heteroatoms. The molecule has 0 atom stereocenters. The summed E-state index contributed by atoms with van der Waals surface area (Å²) in [7, 11) is 2.71. The molecule has 1 aromatic carbocycles. The fourth-order valence-corrected chi connectivity index (χ4v) is 2.96. The van der Waals surface area contributed by atoms with Gasteiger partial charge in [0.1, 0.15) is 0 Å². The van der Waals surface area contributed by atoms with Crippen molar-refractivity contribution in [1.29, 1.82) is 0 Å². The molecule has 2 aromatic rings. The maximum atomic E-state index is 14.4. The number of hydrogen-bond donors (Lipinski definition) is 1. The number of ether oxygens (including phenoxy) is 2. The summed E-state index contributed by atoms with van der Waals surface area (Å²) in [6.07, 6.45) is -0.321. The maximum absolute atomic E-state index is 14.4. The lowest BCUT2D eigenvalue weighted by molar-refractivity contribution is -0.132. The van der Waals surface area contributed by atoms with Crippen LogP contribution >= 0.6 is 11.3 Å². The highest BCUT2D eigenvalue weighted by molar-refractivity contribution is 7.20. The first-order valence-electron chi connectivity index (χ1n) is 6.17. The van der Waals surface area contributed by atoms with Crippen molar-refractivity contribution in [2.24, 2.45) is 0 Å². The zero-order valence-electron chi connectivity index (χ0n) is 11.9. The number of thiophene rings is 1. The second kappa shape index (κ2) is 6.15. The molecule has 0 amide bonds. The van der Waals surface area contributed by atoms with E-state index in [1.807, 2.05) is 0 Å². The van der Waals surface area contributed by atoms with Crippen molar-refractivity contribution in [3.63, 3.8) is 0 Å². The van der Waals surface area contributed by atoms with Crippen LogP contribution in [0.5, 0.6) is 11.5 Å². The van der Waals surface area contributed by atoms with E-state index >= 15 is 0 Å². The number of benzene rings is 1. The minimum absolute atomic E-state index is 0.0401. The molecule has 0 aliphatic heterocycles. The highest BCUT2D eigenvalue weighted by atomic mass is 32.1. The number of aliphatic carboxylic acids is 1. The monoisotopic (exact) mass is 324 g/mol. The van der Waals surface area contributed by atoms with Gasteiger partial charge in [0, 0.05) is 28.1 Å². The van der Waals surface area contributed by atoms with Crippen LogP contribution in [0, 0.1) is 5.82 Å². The number of carbonyl (C=O) groups excluding carboxylic acids is 1. The number of Topliss-reactive ketones (excluding diaryl/α,β-unsaturated/α-hetero) is 1. The molecule has 0 aliphatic carbocycles. The molecule has 1 heterocycles. The SMILES string of the molecule is C=C(CC(=O)c1cc2c(F)c(OC)c(OC)cc2s1)C(=O)O. The van der Waals surface area contributed by atoms with Crippen molar-refractivity contribution >= 4 is 33.2 Å². The van der Waals surface area contributed by atoms with Gasteiger partial charge in [-0.25, -0.2) is 9.18 Å². The van der Waals surface area contributed by atoms with Crippen LogP contribution in [0.4, 0.5) is 4.39 Å². The lowest BCUT2D eigenvalue weighted by Gasteiger charge is -2.08. The predicted molar refractivity (Wildman–Crippen MR) is 80.6 cm³/mol. The van der Waals surface area contributed by atoms with Crippen molar-refractivity contribution in [2.45, 2.75) is 6.42 Å². The Morgan fingerprint density at radius 2 is 2.00 bits per heavy atom. The van der Waals surface area contributed by atoms with E-state index in [0.717, 1.165) is 11.3 Å². The van der Waals surface area contributed by atoms with Gasteiger partial charge in [-0.1, -0.05) is 6.58 Å². The number of rotatable bonds is 6. The van der Waals surface area contributed by atoms with E-state index in [4.69, 9.17) is 14.6 Å². The Morgan fingerprint density at radius 1 is 1.32 bits per heavy atom. The van der Waals surface area contributed by atoms with Crippen molar-refractivity contribution < 1.29 is 28.6 Å². The number of carboxylic acid groups (broad SMARTS) is 1. The first-order chi connectivity index (χ1) is 10.4. The van der Waals surface area contributed by atoms with Crippen molar-refractivity contribution in [1.82, 2.24) is 0 Å². The number of ketones is 1. The van der Waals surface area contributed by atoms with Gasteiger partial charge in [0.05, 0.1) is 19.1 Å². The van der Waals surface area contributed by atoms with Gasteiger partial charge < -0.3 is 14.6 Å². The molecule has 22 heavy (non-hydrogen) atoms. The third-order valence-electron chi connectivity index (χ3n) is 3.06. The van der Waals surface area contributed by atoms with Gasteiger partial charge in [0.25, 0.3) is 0 Å². The molecule has 0 bridgehead atoms. The Labute approximate surface area is 129 Å². The van der Waals surface area contributed by atoms with E-state index in [2.05, 4.69) is 6.58 Å². The normalized spacial score (nSPS) is 10.5. The average Bonchev–Trinajstić information content (AvgIpc) is 2.91. The van der Waals surface area contributed by atoms with E-state index in [0.29, 0.717) is 4.70 Å². The molecule has 0 unspecified atom stereocenters. The van der Waals surface area contributed by atoms with E-state index in [1.165, 1.54) is 20.3 Å². The third kappa shape index (κ3) is 2.80. The van der Waals surface area contributed by atoms with Crippen LogP contribution in [0.3, 0.4) is 0 Å². The van der Waals surface area contributed by atoms with E-state index < -0.39 is 17.6 Å². The number of hydrogen-bond acceptors (Lipinski definition) is 5. The van der Waals surface area contributed by atoms with Crippen molar-refractivity contribution in [2.75, 3.05) is 14.2 Å². The molecule has 0 saturated carbocycles. The molecule has 1 aromatic heterocycles. The van der Waals surface area contributed by atoms with Crippen LogP contribution in [0.1, 0.15) is 16.1 Å². The number of carbonyl (C=O) groups is 2. The van der Waals surface area contributed by atoms with Gasteiger partial charge in [-0.3, -0.25) is 4.79 Å². The molecule has 0 spiro atoms. The first kappa shape index (κ1) is 16.0. The maximum Gasteiger partial charge on any atom is 0.331 e. The molecule has 0 radical (unpaired) electrons. The second-order valence-electron chi connectivity index (χ2n) is 4.46. The highest BCUT2D eigenvalue weighted by Crippen LogP contribution is 2.40. The smallest absolute Gasteiger partial charge is 0.331 e. The Morgan fingerprint density at radius 3 is 2.55 bits per heavy atom. The fraction of sp³-hybridized carbons (Fsp3) is 0.200. The topological polar surface area (TPSA) is 72.8 Å².